The van der Waals surface area contributed by atoms with Crippen LogP contribution < -0.4 is 0 Å². The molecule has 1 N–H and O–H groups in total. The minimum absolute atomic E-state index is 0.141. The fraction of sp³-hybridized carbons (Fsp3) is 0.889. The van der Waals surface area contributed by atoms with Crippen molar-refractivity contribution >= 4 is 5.97 Å². The Kier molecular flexibility index (Phi) is 3.27. The third-order valence-corrected chi connectivity index (χ3v) is 2.27. The molecule has 0 radical (unpaired) electrons. The van der Waals surface area contributed by atoms with Gasteiger partial charge in [0.1, 0.15) is 6.10 Å². The lowest BCUT2D eigenvalue weighted by molar-refractivity contribution is -0.220. The molecule has 1 heterocycles. The first-order valence-corrected chi connectivity index (χ1v) is 4.51. The minimum Gasteiger partial charge on any atom is -0.460 e. The number of carbonyl (C=O) groups excluding carboxylic acids is 1. The van der Waals surface area contributed by atoms with Crippen LogP contribution >= 0.6 is 0 Å². The summed E-state index contributed by atoms with van der Waals surface area (Å²) in [4.78, 5) is 10.7. The van der Waals surface area contributed by atoms with Crippen molar-refractivity contribution in [3.8, 4) is 0 Å². The maximum absolute atomic E-state index is 10.7. The number of aliphatic hydroxyl groups excluding tert-OH is 1. The molecular weight excluding hydrogens is 172 g/mol. The zero-order valence-electron chi connectivity index (χ0n) is 8.19. The van der Waals surface area contributed by atoms with Crippen LogP contribution in [0.5, 0.6) is 0 Å². The molecule has 1 rings (SSSR count). The van der Waals surface area contributed by atoms with Gasteiger partial charge in [-0.05, 0) is 6.92 Å². The lowest BCUT2D eigenvalue weighted by Crippen LogP contribution is -2.44. The molecule has 1 fully saturated rings. The summed E-state index contributed by atoms with van der Waals surface area (Å²) in [6.45, 7) is 5.12. The van der Waals surface area contributed by atoms with E-state index in [9.17, 15) is 9.90 Å². The smallest absolute Gasteiger partial charge is 0.303 e. The highest BCUT2D eigenvalue weighted by Crippen LogP contribution is 2.26. The molecule has 1 aliphatic heterocycles. The van der Waals surface area contributed by atoms with Crippen LogP contribution in [0, 0.1) is 5.92 Å². The van der Waals surface area contributed by atoms with Gasteiger partial charge in [0.15, 0.2) is 6.29 Å². The van der Waals surface area contributed by atoms with Crippen LogP contribution in [0.3, 0.4) is 0 Å². The first-order chi connectivity index (χ1) is 6.00. The fourth-order valence-corrected chi connectivity index (χ4v) is 1.70. The van der Waals surface area contributed by atoms with Gasteiger partial charge in [-0.2, -0.15) is 0 Å². The molecule has 2 unspecified atom stereocenters. The lowest BCUT2D eigenvalue weighted by atomic mass is 9.94. The van der Waals surface area contributed by atoms with E-state index in [1.54, 1.807) is 6.92 Å². The number of aliphatic hydroxyl groups is 1. The van der Waals surface area contributed by atoms with Crippen LogP contribution in [0.4, 0.5) is 0 Å². The highest BCUT2D eigenvalue weighted by Gasteiger charge is 2.35. The van der Waals surface area contributed by atoms with Gasteiger partial charge in [-0.1, -0.05) is 6.92 Å². The van der Waals surface area contributed by atoms with E-state index >= 15 is 0 Å². The van der Waals surface area contributed by atoms with Gasteiger partial charge < -0.3 is 14.6 Å². The van der Waals surface area contributed by atoms with Crippen LogP contribution in [-0.4, -0.2) is 29.6 Å². The maximum Gasteiger partial charge on any atom is 0.303 e. The predicted molar refractivity (Wildman–Crippen MR) is 45.9 cm³/mol. The van der Waals surface area contributed by atoms with E-state index in [-0.39, 0.29) is 24.1 Å². The molecule has 1 saturated heterocycles. The van der Waals surface area contributed by atoms with E-state index in [4.69, 9.17) is 9.47 Å². The molecule has 0 aliphatic carbocycles. The van der Waals surface area contributed by atoms with Gasteiger partial charge >= 0.3 is 5.97 Å². The van der Waals surface area contributed by atoms with Gasteiger partial charge in [0.05, 0.1) is 6.10 Å². The van der Waals surface area contributed by atoms with Gasteiger partial charge in [-0.25, -0.2) is 0 Å². The maximum atomic E-state index is 10.7. The van der Waals surface area contributed by atoms with Crippen LogP contribution in [0.15, 0.2) is 0 Å². The summed E-state index contributed by atoms with van der Waals surface area (Å²) in [6, 6.07) is 0. The van der Waals surface area contributed by atoms with E-state index in [0.29, 0.717) is 6.42 Å². The lowest BCUT2D eigenvalue weighted by Gasteiger charge is -2.36. The molecule has 4 heteroatoms. The molecule has 13 heavy (non-hydrogen) atoms. The molecule has 0 bridgehead atoms. The zero-order chi connectivity index (χ0) is 10.0. The average molecular weight is 188 g/mol. The molecule has 0 aromatic rings. The SMILES string of the molecule is CC(=O)O[C@@H]1C(C)C[C@H](O)OC1C. The second kappa shape index (κ2) is 4.07. The molecule has 1 aliphatic rings. The molecule has 0 amide bonds. The Balaban J connectivity index is 2.56. The Bertz CT molecular complexity index is 180. The second-order valence-electron chi connectivity index (χ2n) is 3.58. The Morgan fingerprint density at radius 3 is 2.62 bits per heavy atom. The number of rotatable bonds is 1. The predicted octanol–water partition coefficient (Wildman–Crippen LogP) is 0.681. The van der Waals surface area contributed by atoms with Gasteiger partial charge in [-0.3, -0.25) is 4.79 Å². The molecule has 0 saturated carbocycles. The summed E-state index contributed by atoms with van der Waals surface area (Å²) in [5, 5.41) is 9.24. The number of hydrogen-bond donors (Lipinski definition) is 1. The topological polar surface area (TPSA) is 55.8 Å². The Hall–Kier alpha value is -0.610. The van der Waals surface area contributed by atoms with Crippen molar-refractivity contribution in [3.63, 3.8) is 0 Å². The van der Waals surface area contributed by atoms with Crippen LogP contribution in [0.1, 0.15) is 27.2 Å². The number of esters is 1. The quantitative estimate of drug-likeness (QED) is 0.615. The van der Waals surface area contributed by atoms with E-state index in [0.717, 1.165) is 0 Å². The number of carbonyl (C=O) groups is 1. The molecule has 0 aromatic carbocycles. The normalized spacial score (nSPS) is 40.0. The molecule has 4 nitrogen and oxygen atoms in total. The third-order valence-electron chi connectivity index (χ3n) is 2.27. The Labute approximate surface area is 77.8 Å². The van der Waals surface area contributed by atoms with E-state index in [1.165, 1.54) is 6.92 Å². The molecule has 76 valence electrons. The third kappa shape index (κ3) is 2.67. The van der Waals surface area contributed by atoms with Gasteiger partial charge in [0.2, 0.25) is 0 Å². The summed E-state index contributed by atoms with van der Waals surface area (Å²) in [7, 11) is 0. The van der Waals surface area contributed by atoms with Crippen molar-refractivity contribution in [2.75, 3.05) is 0 Å². The van der Waals surface area contributed by atoms with Crippen molar-refractivity contribution in [2.45, 2.75) is 45.7 Å². The highest BCUT2D eigenvalue weighted by atomic mass is 16.6. The van der Waals surface area contributed by atoms with Crippen LogP contribution in [0.25, 0.3) is 0 Å². The van der Waals surface area contributed by atoms with Gasteiger partial charge in [-0.15, -0.1) is 0 Å². The summed E-state index contributed by atoms with van der Waals surface area (Å²) >= 11 is 0. The monoisotopic (exact) mass is 188 g/mol. The van der Waals surface area contributed by atoms with Crippen molar-refractivity contribution in [1.82, 2.24) is 0 Å². The van der Waals surface area contributed by atoms with Crippen LogP contribution in [-0.2, 0) is 14.3 Å². The van der Waals surface area contributed by atoms with Crippen molar-refractivity contribution in [1.29, 1.82) is 0 Å². The summed E-state index contributed by atoms with van der Waals surface area (Å²) < 4.78 is 10.2. The highest BCUT2D eigenvalue weighted by molar-refractivity contribution is 5.66. The van der Waals surface area contributed by atoms with Gasteiger partial charge in [0, 0.05) is 19.3 Å². The molecule has 0 aromatic heterocycles. The van der Waals surface area contributed by atoms with E-state index in [2.05, 4.69) is 0 Å². The summed E-state index contributed by atoms with van der Waals surface area (Å²) in [5.74, 6) is -0.161. The first-order valence-electron chi connectivity index (χ1n) is 4.51. The number of hydrogen-bond acceptors (Lipinski definition) is 4. The Morgan fingerprint density at radius 2 is 2.15 bits per heavy atom. The average Bonchev–Trinajstić information content (AvgIpc) is 1.96. The largest absolute Gasteiger partial charge is 0.460 e. The van der Waals surface area contributed by atoms with Crippen molar-refractivity contribution in [2.24, 2.45) is 5.92 Å². The second-order valence-corrected chi connectivity index (χ2v) is 3.58. The molecule has 0 spiro atoms. The molecular formula is C9H16O4. The van der Waals surface area contributed by atoms with Crippen LogP contribution in [0.2, 0.25) is 0 Å². The zero-order valence-corrected chi connectivity index (χ0v) is 8.19. The van der Waals surface area contributed by atoms with Gasteiger partial charge in [0.25, 0.3) is 0 Å². The first kappa shape index (κ1) is 10.5. The van der Waals surface area contributed by atoms with E-state index in [1.807, 2.05) is 6.92 Å². The standard InChI is InChI=1S/C9H16O4/c1-5-4-8(11)12-6(2)9(5)13-7(3)10/h5-6,8-9,11H,4H2,1-3H3/t5?,6?,8-,9-/m1/s1. The Morgan fingerprint density at radius 1 is 1.54 bits per heavy atom. The fourth-order valence-electron chi connectivity index (χ4n) is 1.70. The molecule has 4 atom stereocenters. The minimum atomic E-state index is -0.725. The van der Waals surface area contributed by atoms with Crippen molar-refractivity contribution < 1.29 is 19.4 Å². The van der Waals surface area contributed by atoms with Crippen molar-refractivity contribution in [3.05, 3.63) is 0 Å². The summed E-state index contributed by atoms with van der Waals surface area (Å²) in [5.41, 5.74) is 0. The summed E-state index contributed by atoms with van der Waals surface area (Å²) in [6.07, 6.45) is -0.678. The number of ether oxygens (including phenoxy) is 2. The van der Waals surface area contributed by atoms with E-state index < -0.39 is 6.29 Å².